The first-order valence-corrected chi connectivity index (χ1v) is 11.8. The molecule has 3 aromatic heterocycles. The van der Waals surface area contributed by atoms with E-state index in [1.807, 2.05) is 97.1 Å². The van der Waals surface area contributed by atoms with Crippen molar-refractivity contribution in [2.24, 2.45) is 0 Å². The highest BCUT2D eigenvalue weighted by molar-refractivity contribution is 6.18. The summed E-state index contributed by atoms with van der Waals surface area (Å²) in [6.45, 7) is 0. The molecule has 0 N–H and O–H groups in total. The molecule has 8 rings (SSSR count). The molecule has 8 aromatic rings. The predicted octanol–water partition coefficient (Wildman–Crippen LogP) is 6.05. The van der Waals surface area contributed by atoms with Crippen LogP contribution in [-0.2, 0) is 0 Å². The summed E-state index contributed by atoms with van der Waals surface area (Å²) in [5.41, 5.74) is 4.77. The van der Waals surface area contributed by atoms with Gasteiger partial charge in [-0.3, -0.25) is 14.0 Å². The van der Waals surface area contributed by atoms with E-state index in [9.17, 15) is 9.59 Å². The third-order valence-corrected chi connectivity index (χ3v) is 7.27. The normalized spacial score (nSPS) is 12.1. The van der Waals surface area contributed by atoms with Crippen LogP contribution in [0.15, 0.2) is 113 Å². The second-order valence-electron chi connectivity index (χ2n) is 9.12. The van der Waals surface area contributed by atoms with E-state index in [2.05, 4.69) is 10.6 Å². The summed E-state index contributed by atoms with van der Waals surface area (Å²) >= 11 is 0. The van der Waals surface area contributed by atoms with Gasteiger partial charge in [-0.2, -0.15) is 0 Å². The molecule has 5 aromatic carbocycles. The highest BCUT2D eigenvalue weighted by Gasteiger charge is 2.19. The van der Waals surface area contributed by atoms with E-state index in [-0.39, 0.29) is 11.0 Å². The predicted molar refractivity (Wildman–Crippen MR) is 146 cm³/mol. The van der Waals surface area contributed by atoms with Crippen molar-refractivity contribution >= 4 is 60.0 Å². The maximum atomic E-state index is 13.8. The van der Waals surface area contributed by atoms with E-state index in [1.54, 1.807) is 4.40 Å². The Labute approximate surface area is 203 Å². The van der Waals surface area contributed by atoms with Gasteiger partial charge in [0.2, 0.25) is 0 Å². The molecule has 0 aliphatic rings. The lowest BCUT2D eigenvalue weighted by atomic mass is 10.00. The van der Waals surface area contributed by atoms with Gasteiger partial charge >= 0.3 is 0 Å². The molecule has 0 radical (unpaired) electrons. The van der Waals surface area contributed by atoms with E-state index in [0.717, 1.165) is 43.9 Å². The van der Waals surface area contributed by atoms with Gasteiger partial charge < -0.3 is 4.57 Å². The van der Waals surface area contributed by atoms with E-state index >= 15 is 0 Å². The number of para-hydroxylation sites is 4. The number of aromatic nitrogens is 3. The first-order valence-electron chi connectivity index (χ1n) is 11.8. The van der Waals surface area contributed by atoms with Crippen LogP contribution in [0.4, 0.5) is 0 Å². The zero-order valence-corrected chi connectivity index (χ0v) is 19.0. The van der Waals surface area contributed by atoms with Crippen molar-refractivity contribution in [1.82, 2.24) is 14.0 Å². The number of pyridine rings is 2. The molecular weight excluding hydrogens is 446 g/mol. The van der Waals surface area contributed by atoms with Crippen molar-refractivity contribution < 1.29 is 0 Å². The second kappa shape index (κ2) is 6.77. The Morgan fingerprint density at radius 1 is 0.528 bits per heavy atom. The van der Waals surface area contributed by atoms with Gasteiger partial charge in [0.15, 0.2) is 5.43 Å². The lowest BCUT2D eigenvalue weighted by molar-refractivity contribution is 1.17. The third-order valence-electron chi connectivity index (χ3n) is 7.27. The molecule has 5 heteroatoms. The molecule has 0 atom stereocenters. The highest BCUT2D eigenvalue weighted by Crippen LogP contribution is 2.35. The summed E-state index contributed by atoms with van der Waals surface area (Å²) in [6.07, 6.45) is 0. The van der Waals surface area contributed by atoms with Gasteiger partial charge in [0.25, 0.3) is 5.56 Å². The number of hydrogen-bond acceptors (Lipinski definition) is 3. The summed E-state index contributed by atoms with van der Waals surface area (Å²) in [5.74, 6) is 0. The molecule has 0 bridgehead atoms. The first kappa shape index (κ1) is 19.3. The standard InChI is InChI=1S/C31H17N3O2/c35-29-19-8-1-4-13-24(19)33(25-14-5-2-9-20(25)29)26-17-16-21-28-18(26)10-7-11-22(28)31(36)34-27-15-6-3-12-23(27)32-30(21)34/h1-17H. The molecule has 0 amide bonds. The Hall–Kier alpha value is -5.03. The van der Waals surface area contributed by atoms with Crippen LogP contribution < -0.4 is 11.0 Å². The second-order valence-corrected chi connectivity index (χ2v) is 9.12. The van der Waals surface area contributed by atoms with E-state index in [1.165, 1.54) is 0 Å². The monoisotopic (exact) mass is 463 g/mol. The molecule has 0 saturated heterocycles. The van der Waals surface area contributed by atoms with Gasteiger partial charge in [-0.1, -0.05) is 48.5 Å². The lowest BCUT2D eigenvalue weighted by Crippen LogP contribution is -2.14. The molecule has 36 heavy (non-hydrogen) atoms. The summed E-state index contributed by atoms with van der Waals surface area (Å²) in [5, 5.41) is 4.72. The van der Waals surface area contributed by atoms with Crippen molar-refractivity contribution in [3.05, 3.63) is 124 Å². The fraction of sp³-hybridized carbons (Fsp3) is 0. The van der Waals surface area contributed by atoms with Crippen LogP contribution in [0.2, 0.25) is 0 Å². The number of hydrogen-bond donors (Lipinski definition) is 0. The highest BCUT2D eigenvalue weighted by atomic mass is 16.1. The van der Waals surface area contributed by atoms with Crippen LogP contribution in [-0.4, -0.2) is 14.0 Å². The minimum atomic E-state index is -0.0800. The van der Waals surface area contributed by atoms with E-state index in [4.69, 9.17) is 4.98 Å². The molecule has 0 aliphatic heterocycles. The number of benzene rings is 5. The molecule has 0 aliphatic carbocycles. The van der Waals surface area contributed by atoms with Gasteiger partial charge in [0.05, 0.1) is 27.8 Å². The van der Waals surface area contributed by atoms with Crippen LogP contribution in [0.1, 0.15) is 0 Å². The van der Waals surface area contributed by atoms with E-state index < -0.39 is 0 Å². The van der Waals surface area contributed by atoms with Crippen molar-refractivity contribution in [2.45, 2.75) is 0 Å². The zero-order chi connectivity index (χ0) is 24.0. The Morgan fingerprint density at radius 2 is 1.14 bits per heavy atom. The maximum Gasteiger partial charge on any atom is 0.264 e. The van der Waals surface area contributed by atoms with Crippen molar-refractivity contribution in [1.29, 1.82) is 0 Å². The number of nitrogens with zero attached hydrogens (tertiary/aromatic N) is 3. The van der Waals surface area contributed by atoms with Crippen LogP contribution >= 0.6 is 0 Å². The Morgan fingerprint density at radius 3 is 1.89 bits per heavy atom. The largest absolute Gasteiger partial charge is 0.308 e. The zero-order valence-electron chi connectivity index (χ0n) is 19.0. The molecule has 0 unspecified atom stereocenters. The lowest BCUT2D eigenvalue weighted by Gasteiger charge is -2.18. The average molecular weight is 463 g/mol. The van der Waals surface area contributed by atoms with Gasteiger partial charge in [-0.25, -0.2) is 4.98 Å². The smallest absolute Gasteiger partial charge is 0.264 e. The number of fused-ring (bicyclic) bond motifs is 6. The topological polar surface area (TPSA) is 56.4 Å². The summed E-state index contributed by atoms with van der Waals surface area (Å²) in [4.78, 5) is 31.9. The molecule has 0 fully saturated rings. The van der Waals surface area contributed by atoms with Crippen LogP contribution in [0.25, 0.3) is 65.7 Å². The average Bonchev–Trinajstić information content (AvgIpc) is 3.32. The minimum absolute atomic E-state index is 0.0177. The van der Waals surface area contributed by atoms with Gasteiger partial charge in [0.1, 0.15) is 5.65 Å². The summed E-state index contributed by atoms with van der Waals surface area (Å²) in [6, 6.07) is 33.1. The molecular formula is C31H17N3O2. The Bertz CT molecular complexity index is 2250. The fourth-order valence-corrected chi connectivity index (χ4v) is 5.74. The molecule has 168 valence electrons. The molecule has 0 spiro atoms. The Kier molecular flexibility index (Phi) is 3.63. The van der Waals surface area contributed by atoms with Crippen LogP contribution in [0.3, 0.4) is 0 Å². The van der Waals surface area contributed by atoms with Crippen molar-refractivity contribution in [3.63, 3.8) is 0 Å². The summed E-state index contributed by atoms with van der Waals surface area (Å²) < 4.78 is 3.85. The van der Waals surface area contributed by atoms with E-state index in [0.29, 0.717) is 21.8 Å². The Balaban J connectivity index is 1.62. The van der Waals surface area contributed by atoms with Gasteiger partial charge in [-0.05, 0) is 54.6 Å². The molecule has 3 heterocycles. The fourth-order valence-electron chi connectivity index (χ4n) is 5.74. The maximum absolute atomic E-state index is 13.8. The number of imidazole rings is 1. The quantitative estimate of drug-likeness (QED) is 0.279. The van der Waals surface area contributed by atoms with Crippen molar-refractivity contribution in [3.8, 4) is 5.69 Å². The van der Waals surface area contributed by atoms with Crippen LogP contribution in [0.5, 0.6) is 0 Å². The van der Waals surface area contributed by atoms with Crippen molar-refractivity contribution in [2.75, 3.05) is 0 Å². The SMILES string of the molecule is O=c1c2ccccc2n(-c2ccc3c4c2cccc4c(=O)n2c4ccccc4nc32)c2ccccc12. The molecule has 0 saturated carbocycles. The molecule has 5 nitrogen and oxygen atoms in total. The first-order chi connectivity index (χ1) is 17.7. The summed E-state index contributed by atoms with van der Waals surface area (Å²) in [7, 11) is 0. The minimum Gasteiger partial charge on any atom is -0.308 e. The van der Waals surface area contributed by atoms with Gasteiger partial charge in [0, 0.05) is 32.3 Å². The van der Waals surface area contributed by atoms with Crippen LogP contribution in [0, 0.1) is 0 Å². The number of rotatable bonds is 1. The van der Waals surface area contributed by atoms with Gasteiger partial charge in [-0.15, -0.1) is 0 Å². The third kappa shape index (κ3) is 2.31.